The lowest BCUT2D eigenvalue weighted by atomic mass is 10.1. The number of aromatic nitrogens is 1. The van der Waals surface area contributed by atoms with E-state index in [-0.39, 0.29) is 17.1 Å². The average molecular weight is 440 g/mol. The number of carbonyl (C=O) groups is 2. The molecule has 1 amide bonds. The highest BCUT2D eigenvalue weighted by Crippen LogP contribution is 2.17. The molecule has 0 aliphatic heterocycles. The topological polar surface area (TPSA) is 141 Å². The summed E-state index contributed by atoms with van der Waals surface area (Å²) in [6.45, 7) is 0. The van der Waals surface area contributed by atoms with Gasteiger partial charge in [0.05, 0.1) is 11.4 Å². The van der Waals surface area contributed by atoms with Crippen molar-refractivity contribution in [3.05, 3.63) is 88.7 Å². The van der Waals surface area contributed by atoms with Crippen molar-refractivity contribution in [3.8, 4) is 0 Å². The van der Waals surface area contributed by atoms with Crippen LogP contribution >= 0.6 is 23.3 Å². The zero-order valence-electron chi connectivity index (χ0n) is 15.5. The fourth-order valence-electron chi connectivity index (χ4n) is 2.38. The predicted octanol–water partition coefficient (Wildman–Crippen LogP) is 3.56. The van der Waals surface area contributed by atoms with E-state index in [9.17, 15) is 9.59 Å². The van der Waals surface area contributed by atoms with Gasteiger partial charge in [-0.1, -0.05) is 30.3 Å². The molecule has 3 aromatic rings. The number of amides is 1. The minimum absolute atomic E-state index is 0.0839. The minimum atomic E-state index is -1.13. The monoisotopic (exact) mass is 439 g/mol. The van der Waals surface area contributed by atoms with Crippen molar-refractivity contribution < 1.29 is 14.7 Å². The molecule has 0 saturated carbocycles. The van der Waals surface area contributed by atoms with Gasteiger partial charge in [0.1, 0.15) is 0 Å². The SMILES string of the molecule is N=C(/C(=C\Nc1nc(C(=O)O)cs1)NC(=O)c1ccc(SN)cc1)c1ccccc1. The number of carboxylic acid groups (broad SMARTS) is 1. The predicted molar refractivity (Wildman–Crippen MR) is 118 cm³/mol. The van der Waals surface area contributed by atoms with Crippen LogP contribution in [-0.2, 0) is 0 Å². The van der Waals surface area contributed by atoms with E-state index < -0.39 is 11.9 Å². The summed E-state index contributed by atoms with van der Waals surface area (Å²) in [7, 11) is 0. The zero-order chi connectivity index (χ0) is 21.5. The van der Waals surface area contributed by atoms with Gasteiger partial charge in [-0.05, 0) is 36.2 Å². The largest absolute Gasteiger partial charge is 0.476 e. The lowest BCUT2D eigenvalue weighted by Gasteiger charge is -2.12. The quantitative estimate of drug-likeness (QED) is 0.267. The molecule has 0 unspecified atom stereocenters. The highest BCUT2D eigenvalue weighted by molar-refractivity contribution is 7.97. The Morgan fingerprint density at radius 2 is 1.80 bits per heavy atom. The van der Waals surface area contributed by atoms with E-state index in [1.807, 2.05) is 6.07 Å². The molecule has 2 aromatic carbocycles. The molecule has 0 bridgehead atoms. The molecular weight excluding hydrogens is 422 g/mol. The maximum atomic E-state index is 12.7. The van der Waals surface area contributed by atoms with Crippen LogP contribution in [-0.4, -0.2) is 27.7 Å². The third kappa shape index (κ3) is 5.32. The first-order chi connectivity index (χ1) is 14.5. The number of anilines is 1. The van der Waals surface area contributed by atoms with Crippen molar-refractivity contribution in [1.82, 2.24) is 10.3 Å². The smallest absolute Gasteiger partial charge is 0.355 e. The Labute approximate surface area is 180 Å². The molecule has 8 nitrogen and oxygen atoms in total. The van der Waals surface area contributed by atoms with E-state index in [1.54, 1.807) is 48.5 Å². The van der Waals surface area contributed by atoms with Crippen LogP contribution in [0.1, 0.15) is 26.4 Å². The fourth-order valence-corrected chi connectivity index (χ4v) is 3.33. The second-order valence-corrected chi connectivity index (χ2v) is 7.45. The third-order valence-corrected chi connectivity index (χ3v) is 5.21. The summed E-state index contributed by atoms with van der Waals surface area (Å²) in [6.07, 6.45) is 1.42. The zero-order valence-corrected chi connectivity index (χ0v) is 17.1. The summed E-state index contributed by atoms with van der Waals surface area (Å²) in [4.78, 5) is 28.4. The Hall–Kier alpha value is -3.47. The van der Waals surface area contributed by atoms with Gasteiger partial charge in [0.2, 0.25) is 0 Å². The number of hydrogen-bond donors (Lipinski definition) is 5. The summed E-state index contributed by atoms with van der Waals surface area (Å²) in [5.41, 5.74) is 1.21. The maximum Gasteiger partial charge on any atom is 0.355 e. The molecule has 1 aromatic heterocycles. The van der Waals surface area contributed by atoms with Crippen LogP contribution in [0.25, 0.3) is 0 Å². The maximum absolute atomic E-state index is 12.7. The van der Waals surface area contributed by atoms with Crippen LogP contribution in [0.3, 0.4) is 0 Å². The molecule has 0 fully saturated rings. The van der Waals surface area contributed by atoms with Crippen LogP contribution in [0, 0.1) is 5.41 Å². The molecular formula is C20H17N5O3S2. The molecule has 6 N–H and O–H groups in total. The molecule has 1 heterocycles. The Kier molecular flexibility index (Phi) is 6.96. The summed E-state index contributed by atoms with van der Waals surface area (Å²) in [5, 5.41) is 30.3. The van der Waals surface area contributed by atoms with Crippen LogP contribution in [0.5, 0.6) is 0 Å². The van der Waals surface area contributed by atoms with Crippen molar-refractivity contribution in [2.75, 3.05) is 5.32 Å². The van der Waals surface area contributed by atoms with Crippen LogP contribution in [0.4, 0.5) is 5.13 Å². The normalized spacial score (nSPS) is 11.0. The summed E-state index contributed by atoms with van der Waals surface area (Å²) in [6, 6.07) is 15.7. The lowest BCUT2D eigenvalue weighted by Crippen LogP contribution is -2.28. The van der Waals surface area contributed by atoms with E-state index in [0.717, 1.165) is 28.2 Å². The van der Waals surface area contributed by atoms with E-state index in [2.05, 4.69) is 15.6 Å². The fraction of sp³-hybridized carbons (Fsp3) is 0. The number of rotatable bonds is 8. The molecule has 3 rings (SSSR count). The van der Waals surface area contributed by atoms with Crippen molar-refractivity contribution in [2.45, 2.75) is 4.90 Å². The molecule has 0 atom stereocenters. The Balaban J connectivity index is 1.85. The van der Waals surface area contributed by atoms with Gasteiger partial charge in [-0.2, -0.15) is 0 Å². The average Bonchev–Trinajstić information content (AvgIpc) is 3.26. The first-order valence-electron chi connectivity index (χ1n) is 8.56. The summed E-state index contributed by atoms with van der Waals surface area (Å²) in [5.74, 6) is -1.53. The van der Waals surface area contributed by atoms with E-state index in [4.69, 9.17) is 15.7 Å². The van der Waals surface area contributed by atoms with E-state index >= 15 is 0 Å². The van der Waals surface area contributed by atoms with Crippen molar-refractivity contribution >= 4 is 46.0 Å². The van der Waals surface area contributed by atoms with Gasteiger partial charge in [0.15, 0.2) is 10.8 Å². The first kappa shape index (κ1) is 21.2. The molecule has 152 valence electrons. The first-order valence-corrected chi connectivity index (χ1v) is 10.3. The molecule has 10 heteroatoms. The molecule has 0 spiro atoms. The highest BCUT2D eigenvalue weighted by Gasteiger charge is 2.14. The number of aromatic carboxylic acids is 1. The highest BCUT2D eigenvalue weighted by atomic mass is 32.2. The van der Waals surface area contributed by atoms with Crippen molar-refractivity contribution in [2.24, 2.45) is 5.14 Å². The van der Waals surface area contributed by atoms with Gasteiger partial charge >= 0.3 is 5.97 Å². The molecule has 0 aliphatic carbocycles. The summed E-state index contributed by atoms with van der Waals surface area (Å²) >= 11 is 2.18. The van der Waals surface area contributed by atoms with E-state index in [0.29, 0.717) is 16.3 Å². The second-order valence-electron chi connectivity index (χ2n) is 5.88. The number of carboxylic acids is 1. The van der Waals surface area contributed by atoms with Gasteiger partial charge in [0.25, 0.3) is 5.91 Å². The van der Waals surface area contributed by atoms with Gasteiger partial charge in [-0.25, -0.2) is 9.78 Å². The van der Waals surface area contributed by atoms with Gasteiger partial charge < -0.3 is 15.7 Å². The molecule has 0 saturated heterocycles. The van der Waals surface area contributed by atoms with Gasteiger partial charge in [0, 0.05) is 27.6 Å². The molecule has 30 heavy (non-hydrogen) atoms. The Morgan fingerprint density at radius 1 is 1.10 bits per heavy atom. The number of nitrogens with two attached hydrogens (primary N) is 1. The number of nitrogens with one attached hydrogen (secondary N) is 3. The lowest BCUT2D eigenvalue weighted by molar-refractivity contribution is 0.0691. The number of hydrogen-bond acceptors (Lipinski definition) is 8. The molecule has 0 radical (unpaired) electrons. The third-order valence-electron chi connectivity index (χ3n) is 3.90. The number of thiazole rings is 1. The van der Waals surface area contributed by atoms with Gasteiger partial charge in [-0.3, -0.25) is 15.3 Å². The van der Waals surface area contributed by atoms with Crippen molar-refractivity contribution in [3.63, 3.8) is 0 Å². The van der Waals surface area contributed by atoms with Gasteiger partial charge in [-0.15, -0.1) is 11.3 Å². The number of benzene rings is 2. The molecule has 0 aliphatic rings. The van der Waals surface area contributed by atoms with E-state index in [1.165, 1.54) is 11.6 Å². The number of carbonyl (C=O) groups excluding carboxylic acids is 1. The standard InChI is InChI=1S/C20H17N5O3S2/c21-17(12-4-2-1-3-5-12)15(10-23-20-25-16(11-29-20)19(27)28)24-18(26)13-6-8-14(30-22)9-7-13/h1-11,21H,22H2,(H,23,25)(H,24,26)(H,27,28)/b15-10+,21-17?. The second kappa shape index (κ2) is 9.83. The van der Waals surface area contributed by atoms with Crippen LogP contribution in [0.2, 0.25) is 0 Å². The van der Waals surface area contributed by atoms with Crippen LogP contribution in [0.15, 0.2) is 76.8 Å². The van der Waals surface area contributed by atoms with Crippen molar-refractivity contribution in [1.29, 1.82) is 5.41 Å². The Morgan fingerprint density at radius 3 is 2.40 bits per heavy atom. The summed E-state index contributed by atoms with van der Waals surface area (Å²) < 4.78 is 0. The number of nitrogens with zero attached hydrogens (tertiary/aromatic N) is 1. The Bertz CT molecular complexity index is 1100. The minimum Gasteiger partial charge on any atom is -0.476 e. The van der Waals surface area contributed by atoms with Crippen LogP contribution < -0.4 is 15.8 Å². The number of allylic oxidation sites excluding steroid dienone is 1.